The molecule has 0 bridgehead atoms. The van der Waals surface area contributed by atoms with Crippen LogP contribution in [0, 0.1) is 10.1 Å². The lowest BCUT2D eigenvalue weighted by atomic mass is 10.2. The Labute approximate surface area is 171 Å². The molecule has 0 atom stereocenters. The van der Waals surface area contributed by atoms with Gasteiger partial charge >= 0.3 is 0 Å². The molecule has 0 unspecified atom stereocenters. The van der Waals surface area contributed by atoms with Crippen molar-refractivity contribution in [1.29, 1.82) is 0 Å². The lowest BCUT2D eigenvalue weighted by Gasteiger charge is -2.10. The SMILES string of the molecule is CCCOc1ccc(/C=C(\Cl)c2nnc(-c3ccc([N+](=O)[O-])cc3)o2)cc1OC. The first-order valence-electron chi connectivity index (χ1n) is 8.78. The summed E-state index contributed by atoms with van der Waals surface area (Å²) in [7, 11) is 1.57. The van der Waals surface area contributed by atoms with Crippen LogP contribution in [0.5, 0.6) is 11.5 Å². The van der Waals surface area contributed by atoms with Gasteiger partial charge in [0.1, 0.15) is 5.03 Å². The van der Waals surface area contributed by atoms with E-state index >= 15 is 0 Å². The molecule has 150 valence electrons. The first-order valence-corrected chi connectivity index (χ1v) is 9.16. The Morgan fingerprint density at radius 1 is 1.21 bits per heavy atom. The Hall–Kier alpha value is -3.39. The number of aromatic nitrogens is 2. The third-order valence-corrected chi connectivity index (χ3v) is 4.17. The van der Waals surface area contributed by atoms with Crippen LogP contribution >= 0.6 is 11.6 Å². The molecule has 1 aromatic heterocycles. The van der Waals surface area contributed by atoms with Crippen molar-refractivity contribution < 1.29 is 18.8 Å². The van der Waals surface area contributed by atoms with Gasteiger partial charge in [-0.05, 0) is 42.3 Å². The van der Waals surface area contributed by atoms with Gasteiger partial charge in [0.05, 0.1) is 18.6 Å². The molecule has 0 aliphatic heterocycles. The number of hydrogen-bond donors (Lipinski definition) is 0. The van der Waals surface area contributed by atoms with E-state index in [-0.39, 0.29) is 22.5 Å². The normalized spacial score (nSPS) is 11.3. The Balaban J connectivity index is 1.81. The number of hydrogen-bond acceptors (Lipinski definition) is 7. The van der Waals surface area contributed by atoms with Crippen LogP contribution in [-0.4, -0.2) is 28.8 Å². The van der Waals surface area contributed by atoms with E-state index < -0.39 is 4.92 Å². The van der Waals surface area contributed by atoms with Crippen LogP contribution in [0.15, 0.2) is 46.9 Å². The molecule has 0 amide bonds. The van der Waals surface area contributed by atoms with Gasteiger partial charge in [-0.2, -0.15) is 0 Å². The third-order valence-electron chi connectivity index (χ3n) is 3.90. The highest BCUT2D eigenvalue weighted by atomic mass is 35.5. The first-order chi connectivity index (χ1) is 14.0. The van der Waals surface area contributed by atoms with Gasteiger partial charge < -0.3 is 13.9 Å². The number of nitrogens with zero attached hydrogens (tertiary/aromatic N) is 3. The summed E-state index contributed by atoms with van der Waals surface area (Å²) in [6.07, 6.45) is 2.56. The van der Waals surface area contributed by atoms with E-state index in [2.05, 4.69) is 10.2 Å². The summed E-state index contributed by atoms with van der Waals surface area (Å²) in [5, 5.41) is 18.9. The van der Waals surface area contributed by atoms with Gasteiger partial charge in [0.25, 0.3) is 11.6 Å². The number of non-ortho nitro benzene ring substituents is 1. The lowest BCUT2D eigenvalue weighted by Crippen LogP contribution is -1.97. The van der Waals surface area contributed by atoms with Crippen molar-refractivity contribution >= 4 is 28.4 Å². The summed E-state index contributed by atoms with van der Waals surface area (Å²) in [4.78, 5) is 10.3. The maximum Gasteiger partial charge on any atom is 0.269 e. The van der Waals surface area contributed by atoms with E-state index in [0.717, 1.165) is 12.0 Å². The Morgan fingerprint density at radius 3 is 2.62 bits per heavy atom. The summed E-state index contributed by atoms with van der Waals surface area (Å²) >= 11 is 6.33. The van der Waals surface area contributed by atoms with Gasteiger partial charge in [-0.15, -0.1) is 10.2 Å². The molecule has 8 nitrogen and oxygen atoms in total. The van der Waals surface area contributed by atoms with Gasteiger partial charge in [0.2, 0.25) is 5.89 Å². The average molecular weight is 416 g/mol. The minimum atomic E-state index is -0.477. The van der Waals surface area contributed by atoms with Crippen molar-refractivity contribution in [1.82, 2.24) is 10.2 Å². The Morgan fingerprint density at radius 2 is 1.97 bits per heavy atom. The highest BCUT2D eigenvalue weighted by Gasteiger charge is 2.13. The zero-order valence-electron chi connectivity index (χ0n) is 15.8. The van der Waals surface area contributed by atoms with E-state index in [1.165, 1.54) is 24.3 Å². The minimum absolute atomic E-state index is 0.0215. The maximum atomic E-state index is 10.7. The van der Waals surface area contributed by atoms with Crippen molar-refractivity contribution in [3.05, 3.63) is 64.0 Å². The van der Waals surface area contributed by atoms with E-state index in [4.69, 9.17) is 25.5 Å². The predicted molar refractivity (Wildman–Crippen MR) is 109 cm³/mol. The smallest absolute Gasteiger partial charge is 0.269 e. The zero-order valence-corrected chi connectivity index (χ0v) is 16.5. The minimum Gasteiger partial charge on any atom is -0.493 e. The molecule has 0 N–H and O–H groups in total. The highest BCUT2D eigenvalue weighted by Crippen LogP contribution is 2.31. The molecule has 1 heterocycles. The second-order valence-corrected chi connectivity index (χ2v) is 6.37. The van der Waals surface area contributed by atoms with Gasteiger partial charge in [-0.3, -0.25) is 10.1 Å². The zero-order chi connectivity index (χ0) is 20.8. The quantitative estimate of drug-likeness (QED) is 0.369. The summed E-state index contributed by atoms with van der Waals surface area (Å²) in [5.41, 5.74) is 1.30. The van der Waals surface area contributed by atoms with Gasteiger partial charge in [0, 0.05) is 17.7 Å². The van der Waals surface area contributed by atoms with E-state index in [1.807, 2.05) is 13.0 Å². The summed E-state index contributed by atoms with van der Waals surface area (Å²) < 4.78 is 16.6. The molecule has 0 aliphatic rings. The van der Waals surface area contributed by atoms with Crippen molar-refractivity contribution in [2.75, 3.05) is 13.7 Å². The van der Waals surface area contributed by atoms with Crippen molar-refractivity contribution in [3.8, 4) is 23.0 Å². The van der Waals surface area contributed by atoms with Crippen LogP contribution < -0.4 is 9.47 Å². The Kier molecular flexibility index (Phi) is 6.46. The predicted octanol–water partition coefficient (Wildman–Crippen LogP) is 5.18. The Bertz CT molecular complexity index is 1030. The molecule has 0 aliphatic carbocycles. The molecule has 2 aromatic carbocycles. The van der Waals surface area contributed by atoms with Crippen LogP contribution in [0.3, 0.4) is 0 Å². The standard InChI is InChI=1S/C20H18ClN3O5/c1-3-10-28-17-9-4-13(12-18(17)27-2)11-16(21)20-23-22-19(29-20)14-5-7-15(8-6-14)24(25)26/h4-9,11-12H,3,10H2,1-2H3/b16-11-. The van der Waals surface area contributed by atoms with Gasteiger partial charge in [-0.1, -0.05) is 24.6 Å². The van der Waals surface area contributed by atoms with Crippen LogP contribution in [-0.2, 0) is 0 Å². The molecule has 29 heavy (non-hydrogen) atoms. The van der Waals surface area contributed by atoms with Crippen LogP contribution in [0.1, 0.15) is 24.8 Å². The number of methoxy groups -OCH3 is 1. The van der Waals surface area contributed by atoms with Gasteiger partial charge in [-0.25, -0.2) is 0 Å². The number of benzene rings is 2. The number of halogens is 1. The fourth-order valence-corrected chi connectivity index (χ4v) is 2.68. The molecule has 0 saturated carbocycles. The van der Waals surface area contributed by atoms with Crippen molar-refractivity contribution in [2.45, 2.75) is 13.3 Å². The van der Waals surface area contributed by atoms with Crippen molar-refractivity contribution in [3.63, 3.8) is 0 Å². The molecule has 0 fully saturated rings. The third kappa shape index (κ3) is 4.91. The molecule has 0 spiro atoms. The largest absolute Gasteiger partial charge is 0.493 e. The molecular formula is C20H18ClN3O5. The molecule has 0 saturated heterocycles. The molecule has 0 radical (unpaired) electrons. The monoisotopic (exact) mass is 415 g/mol. The van der Waals surface area contributed by atoms with Crippen molar-refractivity contribution in [2.24, 2.45) is 0 Å². The van der Waals surface area contributed by atoms with Crippen LogP contribution in [0.2, 0.25) is 0 Å². The second kappa shape index (κ2) is 9.20. The highest BCUT2D eigenvalue weighted by molar-refractivity contribution is 6.50. The molecule has 3 rings (SSSR count). The number of nitro benzene ring substituents is 1. The van der Waals surface area contributed by atoms with Crippen LogP contribution in [0.4, 0.5) is 5.69 Å². The fourth-order valence-electron chi connectivity index (χ4n) is 2.48. The van der Waals surface area contributed by atoms with Crippen LogP contribution in [0.25, 0.3) is 22.6 Å². The maximum absolute atomic E-state index is 10.7. The summed E-state index contributed by atoms with van der Waals surface area (Å²) in [6, 6.07) is 11.2. The number of nitro groups is 1. The second-order valence-electron chi connectivity index (χ2n) is 5.97. The number of ether oxygens (including phenoxy) is 2. The summed E-state index contributed by atoms with van der Waals surface area (Å²) in [6.45, 7) is 2.62. The number of rotatable bonds is 8. The summed E-state index contributed by atoms with van der Waals surface area (Å²) in [5.74, 6) is 1.59. The van der Waals surface area contributed by atoms with E-state index in [9.17, 15) is 10.1 Å². The van der Waals surface area contributed by atoms with Gasteiger partial charge in [0.15, 0.2) is 11.5 Å². The lowest BCUT2D eigenvalue weighted by molar-refractivity contribution is -0.384. The molecule has 3 aromatic rings. The average Bonchev–Trinajstić information content (AvgIpc) is 3.23. The van der Waals surface area contributed by atoms with E-state index in [0.29, 0.717) is 23.7 Å². The van der Waals surface area contributed by atoms with E-state index in [1.54, 1.807) is 25.3 Å². The topological polar surface area (TPSA) is 101 Å². The fraction of sp³-hybridized carbons (Fsp3) is 0.200. The molecular weight excluding hydrogens is 398 g/mol. The first kappa shape index (κ1) is 20.3. The molecule has 9 heteroatoms.